The van der Waals surface area contributed by atoms with Crippen LogP contribution in [0.1, 0.15) is 19.4 Å². The monoisotopic (exact) mass is 252 g/mol. The molecule has 0 unspecified atom stereocenters. The van der Waals surface area contributed by atoms with E-state index in [2.05, 4.69) is 34.0 Å². The van der Waals surface area contributed by atoms with Crippen LogP contribution in [0.4, 0.5) is 5.95 Å². The lowest BCUT2D eigenvalue weighted by atomic mass is 10.2. The highest BCUT2D eigenvalue weighted by molar-refractivity contribution is 5.29. The van der Waals surface area contributed by atoms with Crippen LogP contribution in [0.5, 0.6) is 0 Å². The zero-order chi connectivity index (χ0) is 13.4. The number of aromatic nitrogens is 2. The van der Waals surface area contributed by atoms with E-state index < -0.39 is 0 Å². The number of anilines is 1. The minimum Gasteiger partial charge on any atom is -0.383 e. The predicted molar refractivity (Wildman–Crippen MR) is 73.7 cm³/mol. The normalized spacial score (nSPS) is 10.9. The van der Waals surface area contributed by atoms with Crippen LogP contribution in [0.25, 0.3) is 0 Å². The summed E-state index contributed by atoms with van der Waals surface area (Å²) in [5.74, 6) is 1.35. The average Bonchev–Trinajstić information content (AvgIpc) is 2.35. The molecule has 0 saturated heterocycles. The van der Waals surface area contributed by atoms with Gasteiger partial charge in [-0.2, -0.15) is 0 Å². The third-order valence-corrected chi connectivity index (χ3v) is 2.51. The zero-order valence-corrected chi connectivity index (χ0v) is 11.8. The zero-order valence-electron chi connectivity index (χ0n) is 11.8. The van der Waals surface area contributed by atoms with Crippen LogP contribution in [0, 0.1) is 5.92 Å². The molecule has 0 aliphatic heterocycles. The van der Waals surface area contributed by atoms with Crippen molar-refractivity contribution >= 4 is 5.95 Å². The van der Waals surface area contributed by atoms with Crippen LogP contribution in [0.2, 0.25) is 0 Å². The fraction of sp³-hybridized carbons (Fsp3) is 0.692. The van der Waals surface area contributed by atoms with E-state index in [1.807, 2.05) is 19.4 Å². The second kappa shape index (κ2) is 8.00. The molecule has 18 heavy (non-hydrogen) atoms. The Hall–Kier alpha value is -1.20. The number of hydrogen-bond acceptors (Lipinski definition) is 5. The minimum atomic E-state index is 0.572. The fourth-order valence-electron chi connectivity index (χ4n) is 1.72. The van der Waals surface area contributed by atoms with Crippen molar-refractivity contribution in [3.8, 4) is 0 Å². The lowest BCUT2D eigenvalue weighted by Crippen LogP contribution is -2.32. The SMILES string of the molecule is CNCc1cnc(N(CCOC)CC(C)C)nc1. The first kappa shape index (κ1) is 14.9. The van der Waals surface area contributed by atoms with E-state index in [0.29, 0.717) is 12.5 Å². The molecule has 0 spiro atoms. The lowest BCUT2D eigenvalue weighted by Gasteiger charge is -2.24. The number of nitrogens with zero attached hydrogens (tertiary/aromatic N) is 3. The van der Waals surface area contributed by atoms with E-state index in [9.17, 15) is 0 Å². The topological polar surface area (TPSA) is 50.3 Å². The van der Waals surface area contributed by atoms with Gasteiger partial charge in [-0.25, -0.2) is 9.97 Å². The molecular formula is C13H24N4O. The van der Waals surface area contributed by atoms with Gasteiger partial charge >= 0.3 is 0 Å². The van der Waals surface area contributed by atoms with Crippen molar-refractivity contribution in [1.29, 1.82) is 0 Å². The van der Waals surface area contributed by atoms with E-state index in [1.165, 1.54) is 0 Å². The quantitative estimate of drug-likeness (QED) is 0.756. The van der Waals surface area contributed by atoms with Gasteiger partial charge in [0, 0.05) is 44.7 Å². The summed E-state index contributed by atoms with van der Waals surface area (Å²) in [6.45, 7) is 7.62. The standard InChI is InChI=1S/C13H24N4O/c1-11(2)10-17(5-6-18-4)13-15-8-12(7-14-3)9-16-13/h8-9,11,14H,5-7,10H2,1-4H3. The number of rotatable bonds is 8. The first-order valence-corrected chi connectivity index (χ1v) is 6.36. The minimum absolute atomic E-state index is 0.572. The maximum absolute atomic E-state index is 5.13. The number of methoxy groups -OCH3 is 1. The van der Waals surface area contributed by atoms with Crippen LogP contribution in [0.3, 0.4) is 0 Å². The highest BCUT2D eigenvalue weighted by Gasteiger charge is 2.10. The third-order valence-electron chi connectivity index (χ3n) is 2.51. The molecule has 1 aromatic rings. The van der Waals surface area contributed by atoms with Crippen molar-refractivity contribution in [3.05, 3.63) is 18.0 Å². The molecule has 0 amide bonds. The molecular weight excluding hydrogens is 228 g/mol. The molecule has 1 heterocycles. The first-order chi connectivity index (χ1) is 8.67. The van der Waals surface area contributed by atoms with Gasteiger partial charge < -0.3 is 15.0 Å². The third kappa shape index (κ3) is 4.98. The highest BCUT2D eigenvalue weighted by Crippen LogP contribution is 2.09. The molecule has 1 aromatic heterocycles. The summed E-state index contributed by atoms with van der Waals surface area (Å²) in [4.78, 5) is 11.0. The Balaban J connectivity index is 2.70. The van der Waals surface area contributed by atoms with Gasteiger partial charge in [-0.1, -0.05) is 13.8 Å². The molecule has 0 aliphatic rings. The van der Waals surface area contributed by atoms with Gasteiger partial charge in [-0.05, 0) is 13.0 Å². The molecule has 0 saturated carbocycles. The average molecular weight is 252 g/mol. The van der Waals surface area contributed by atoms with Gasteiger partial charge in [-0.3, -0.25) is 0 Å². The molecule has 5 nitrogen and oxygen atoms in total. The van der Waals surface area contributed by atoms with Gasteiger partial charge in [0.2, 0.25) is 5.95 Å². The van der Waals surface area contributed by atoms with Crippen LogP contribution in [-0.2, 0) is 11.3 Å². The second-order valence-corrected chi connectivity index (χ2v) is 4.75. The molecule has 0 aliphatic carbocycles. The summed E-state index contributed by atoms with van der Waals surface area (Å²) in [7, 11) is 3.63. The molecule has 0 atom stereocenters. The van der Waals surface area contributed by atoms with E-state index in [-0.39, 0.29) is 0 Å². The molecule has 0 fully saturated rings. The molecule has 0 bridgehead atoms. The summed E-state index contributed by atoms with van der Waals surface area (Å²) in [6.07, 6.45) is 3.75. The summed E-state index contributed by atoms with van der Waals surface area (Å²) < 4.78 is 5.13. The van der Waals surface area contributed by atoms with Gasteiger partial charge in [0.15, 0.2) is 0 Å². The molecule has 1 rings (SSSR count). The Labute approximate surface area is 110 Å². The van der Waals surface area contributed by atoms with Crippen molar-refractivity contribution in [2.24, 2.45) is 5.92 Å². The summed E-state index contributed by atoms with van der Waals surface area (Å²) >= 11 is 0. The summed E-state index contributed by atoms with van der Waals surface area (Å²) in [6, 6.07) is 0. The van der Waals surface area contributed by atoms with Gasteiger partial charge in [0.1, 0.15) is 0 Å². The van der Waals surface area contributed by atoms with Crippen LogP contribution in [-0.4, -0.2) is 43.8 Å². The maximum atomic E-state index is 5.13. The Morgan fingerprint density at radius 3 is 2.50 bits per heavy atom. The molecule has 102 valence electrons. The Bertz CT molecular complexity index is 326. The number of nitrogens with one attached hydrogen (secondary N) is 1. The number of ether oxygens (including phenoxy) is 1. The van der Waals surface area contributed by atoms with E-state index in [4.69, 9.17) is 4.74 Å². The lowest BCUT2D eigenvalue weighted by molar-refractivity contribution is 0.204. The smallest absolute Gasteiger partial charge is 0.225 e. The van der Waals surface area contributed by atoms with E-state index >= 15 is 0 Å². The summed E-state index contributed by atoms with van der Waals surface area (Å²) in [5, 5.41) is 3.09. The van der Waals surface area contributed by atoms with Gasteiger partial charge in [-0.15, -0.1) is 0 Å². The molecule has 0 aromatic carbocycles. The number of hydrogen-bond donors (Lipinski definition) is 1. The van der Waals surface area contributed by atoms with Crippen LogP contribution >= 0.6 is 0 Å². The summed E-state index contributed by atoms with van der Waals surface area (Å²) in [5.41, 5.74) is 1.09. The van der Waals surface area contributed by atoms with Crippen LogP contribution in [0.15, 0.2) is 12.4 Å². The van der Waals surface area contributed by atoms with Crippen molar-refractivity contribution in [1.82, 2.24) is 15.3 Å². The first-order valence-electron chi connectivity index (χ1n) is 6.36. The Morgan fingerprint density at radius 2 is 2.00 bits per heavy atom. The van der Waals surface area contributed by atoms with E-state index in [1.54, 1.807) is 7.11 Å². The Morgan fingerprint density at radius 1 is 1.33 bits per heavy atom. The van der Waals surface area contributed by atoms with Gasteiger partial charge in [0.05, 0.1) is 6.61 Å². The molecule has 1 N–H and O–H groups in total. The Kier molecular flexibility index (Phi) is 6.60. The van der Waals surface area contributed by atoms with Gasteiger partial charge in [0.25, 0.3) is 0 Å². The van der Waals surface area contributed by atoms with Crippen LogP contribution < -0.4 is 10.2 Å². The molecule has 0 radical (unpaired) electrons. The largest absolute Gasteiger partial charge is 0.383 e. The predicted octanol–water partition coefficient (Wildman–Crippen LogP) is 1.30. The van der Waals surface area contributed by atoms with Crippen molar-refractivity contribution in [2.45, 2.75) is 20.4 Å². The fourth-order valence-corrected chi connectivity index (χ4v) is 1.72. The van der Waals surface area contributed by atoms with Crippen molar-refractivity contribution < 1.29 is 4.74 Å². The van der Waals surface area contributed by atoms with E-state index in [0.717, 1.165) is 31.1 Å². The van der Waals surface area contributed by atoms with Crippen molar-refractivity contribution in [2.75, 3.05) is 38.8 Å². The second-order valence-electron chi connectivity index (χ2n) is 4.75. The van der Waals surface area contributed by atoms with Crippen molar-refractivity contribution in [3.63, 3.8) is 0 Å². The maximum Gasteiger partial charge on any atom is 0.225 e. The highest BCUT2D eigenvalue weighted by atomic mass is 16.5. The molecule has 5 heteroatoms.